The van der Waals surface area contributed by atoms with Crippen molar-refractivity contribution in [2.75, 3.05) is 13.1 Å². The molecular formula is C14H18BrNO. The number of carbonyl (C=O) groups is 1. The van der Waals surface area contributed by atoms with Gasteiger partial charge >= 0.3 is 0 Å². The van der Waals surface area contributed by atoms with Gasteiger partial charge in [-0.05, 0) is 44.4 Å². The molecule has 0 unspecified atom stereocenters. The Morgan fingerprint density at radius 3 is 2.18 bits per heavy atom. The normalized spacial score (nSPS) is 16.6. The van der Waals surface area contributed by atoms with Crippen molar-refractivity contribution in [3.8, 4) is 0 Å². The molecule has 0 spiro atoms. The zero-order chi connectivity index (χ0) is 12.5. The Hall–Kier alpha value is -0.830. The minimum atomic E-state index is -0.216. The molecule has 0 N–H and O–H groups in total. The number of halogens is 1. The van der Waals surface area contributed by atoms with Gasteiger partial charge in [-0.1, -0.05) is 28.1 Å². The Morgan fingerprint density at radius 2 is 1.76 bits per heavy atom. The number of hydrogen-bond donors (Lipinski definition) is 0. The van der Waals surface area contributed by atoms with Crippen LogP contribution in [0.3, 0.4) is 0 Å². The highest BCUT2D eigenvalue weighted by Crippen LogP contribution is 2.49. The van der Waals surface area contributed by atoms with E-state index in [9.17, 15) is 4.79 Å². The van der Waals surface area contributed by atoms with Crippen LogP contribution in [-0.2, 0) is 10.2 Å². The van der Waals surface area contributed by atoms with E-state index in [4.69, 9.17) is 0 Å². The lowest BCUT2D eigenvalue weighted by molar-refractivity contribution is -0.133. The fourth-order valence-electron chi connectivity index (χ4n) is 2.33. The van der Waals surface area contributed by atoms with Gasteiger partial charge in [0.25, 0.3) is 0 Å². The van der Waals surface area contributed by atoms with Crippen molar-refractivity contribution in [1.82, 2.24) is 4.90 Å². The Bertz CT molecular complexity index is 405. The zero-order valence-corrected chi connectivity index (χ0v) is 12.0. The largest absolute Gasteiger partial charge is 0.342 e. The van der Waals surface area contributed by atoms with Gasteiger partial charge in [-0.25, -0.2) is 0 Å². The highest BCUT2D eigenvalue weighted by molar-refractivity contribution is 9.10. The van der Waals surface area contributed by atoms with Crippen molar-refractivity contribution in [2.24, 2.45) is 0 Å². The van der Waals surface area contributed by atoms with Gasteiger partial charge in [-0.3, -0.25) is 4.79 Å². The summed E-state index contributed by atoms with van der Waals surface area (Å²) in [7, 11) is 0. The fraction of sp³-hybridized carbons (Fsp3) is 0.500. The molecule has 0 aromatic heterocycles. The first kappa shape index (κ1) is 12.6. The number of hydrogen-bond acceptors (Lipinski definition) is 1. The van der Waals surface area contributed by atoms with E-state index in [0.29, 0.717) is 5.91 Å². The van der Waals surface area contributed by atoms with E-state index in [1.807, 2.05) is 30.9 Å². The predicted octanol–water partition coefficient (Wildman–Crippen LogP) is 3.35. The maximum Gasteiger partial charge on any atom is 0.233 e. The van der Waals surface area contributed by atoms with Crippen LogP contribution >= 0.6 is 15.9 Å². The molecule has 1 aliphatic rings. The van der Waals surface area contributed by atoms with Gasteiger partial charge in [-0.15, -0.1) is 0 Å². The van der Waals surface area contributed by atoms with Crippen LogP contribution in [0.15, 0.2) is 28.7 Å². The lowest BCUT2D eigenvalue weighted by atomic mass is 9.94. The first-order valence-electron chi connectivity index (χ1n) is 6.19. The third kappa shape index (κ3) is 2.25. The summed E-state index contributed by atoms with van der Waals surface area (Å²) in [6.45, 7) is 5.68. The molecule has 2 rings (SSSR count). The Morgan fingerprint density at radius 1 is 1.24 bits per heavy atom. The molecule has 0 aliphatic heterocycles. The molecule has 0 bridgehead atoms. The summed E-state index contributed by atoms with van der Waals surface area (Å²) in [5.41, 5.74) is 0.949. The molecule has 1 saturated carbocycles. The Kier molecular flexibility index (Phi) is 3.57. The standard InChI is InChI=1S/C14H18BrNO/c1-3-16(4-2)13(17)14(9-10-14)11-5-7-12(15)8-6-11/h5-8H,3-4,9-10H2,1-2H3. The van der Waals surface area contributed by atoms with Gasteiger partial charge in [0, 0.05) is 17.6 Å². The quantitative estimate of drug-likeness (QED) is 0.834. The molecular weight excluding hydrogens is 278 g/mol. The molecule has 1 aromatic carbocycles. The third-order valence-electron chi connectivity index (χ3n) is 3.61. The summed E-state index contributed by atoms with van der Waals surface area (Å²) in [6, 6.07) is 8.17. The topological polar surface area (TPSA) is 20.3 Å². The molecule has 3 heteroatoms. The van der Waals surface area contributed by atoms with Gasteiger partial charge in [0.05, 0.1) is 5.41 Å². The lowest BCUT2D eigenvalue weighted by Crippen LogP contribution is -2.39. The van der Waals surface area contributed by atoms with Crippen LogP contribution in [-0.4, -0.2) is 23.9 Å². The van der Waals surface area contributed by atoms with E-state index in [1.165, 1.54) is 0 Å². The van der Waals surface area contributed by atoms with E-state index in [2.05, 4.69) is 28.1 Å². The molecule has 1 amide bonds. The van der Waals surface area contributed by atoms with Crippen LogP contribution in [0.25, 0.3) is 0 Å². The van der Waals surface area contributed by atoms with Crippen molar-refractivity contribution >= 4 is 21.8 Å². The van der Waals surface area contributed by atoms with Crippen LogP contribution < -0.4 is 0 Å². The summed E-state index contributed by atoms with van der Waals surface area (Å²) in [4.78, 5) is 14.4. The molecule has 1 aliphatic carbocycles. The highest BCUT2D eigenvalue weighted by Gasteiger charge is 2.52. The van der Waals surface area contributed by atoms with Crippen molar-refractivity contribution in [1.29, 1.82) is 0 Å². The molecule has 17 heavy (non-hydrogen) atoms. The number of likely N-dealkylation sites (N-methyl/N-ethyl adjacent to an activating group) is 1. The molecule has 0 heterocycles. The summed E-state index contributed by atoms with van der Waals surface area (Å²) in [6.07, 6.45) is 1.98. The van der Waals surface area contributed by atoms with Crippen LogP contribution in [0.1, 0.15) is 32.3 Å². The van der Waals surface area contributed by atoms with Gasteiger partial charge in [0.2, 0.25) is 5.91 Å². The molecule has 0 saturated heterocycles. The molecule has 0 radical (unpaired) electrons. The molecule has 2 nitrogen and oxygen atoms in total. The van der Waals surface area contributed by atoms with E-state index in [1.54, 1.807) is 0 Å². The maximum absolute atomic E-state index is 12.5. The minimum absolute atomic E-state index is 0.216. The van der Waals surface area contributed by atoms with Gasteiger partial charge in [-0.2, -0.15) is 0 Å². The first-order chi connectivity index (χ1) is 8.14. The summed E-state index contributed by atoms with van der Waals surface area (Å²) in [5.74, 6) is 0.296. The van der Waals surface area contributed by atoms with E-state index in [-0.39, 0.29) is 5.41 Å². The van der Waals surface area contributed by atoms with Crippen molar-refractivity contribution in [3.63, 3.8) is 0 Å². The van der Waals surface area contributed by atoms with E-state index < -0.39 is 0 Å². The number of nitrogens with zero attached hydrogens (tertiary/aromatic N) is 1. The van der Waals surface area contributed by atoms with Gasteiger partial charge in [0.1, 0.15) is 0 Å². The first-order valence-corrected chi connectivity index (χ1v) is 6.98. The zero-order valence-electron chi connectivity index (χ0n) is 10.4. The summed E-state index contributed by atoms with van der Waals surface area (Å²) < 4.78 is 1.06. The lowest BCUT2D eigenvalue weighted by Gasteiger charge is -2.25. The SMILES string of the molecule is CCN(CC)C(=O)C1(c2ccc(Br)cc2)CC1. The second kappa shape index (κ2) is 4.81. The highest BCUT2D eigenvalue weighted by atomic mass is 79.9. The van der Waals surface area contributed by atoms with Gasteiger partial charge in [0.15, 0.2) is 0 Å². The predicted molar refractivity (Wildman–Crippen MR) is 73.0 cm³/mol. The molecule has 1 fully saturated rings. The van der Waals surface area contributed by atoms with Crippen molar-refractivity contribution < 1.29 is 4.79 Å². The molecule has 0 atom stereocenters. The van der Waals surface area contributed by atoms with Crippen molar-refractivity contribution in [2.45, 2.75) is 32.1 Å². The van der Waals surface area contributed by atoms with Gasteiger partial charge < -0.3 is 4.90 Å². The summed E-state index contributed by atoms with van der Waals surface area (Å²) in [5, 5.41) is 0. The maximum atomic E-state index is 12.5. The van der Waals surface area contributed by atoms with Crippen LogP contribution in [0.2, 0.25) is 0 Å². The summed E-state index contributed by atoms with van der Waals surface area (Å²) >= 11 is 3.43. The monoisotopic (exact) mass is 295 g/mol. The van der Waals surface area contributed by atoms with Crippen LogP contribution in [0.4, 0.5) is 0 Å². The number of rotatable bonds is 4. The van der Waals surface area contributed by atoms with Crippen LogP contribution in [0.5, 0.6) is 0 Å². The van der Waals surface area contributed by atoms with Crippen LogP contribution in [0, 0.1) is 0 Å². The average molecular weight is 296 g/mol. The van der Waals surface area contributed by atoms with E-state index in [0.717, 1.165) is 36.0 Å². The van der Waals surface area contributed by atoms with E-state index >= 15 is 0 Å². The second-order valence-corrected chi connectivity index (χ2v) is 5.48. The second-order valence-electron chi connectivity index (χ2n) is 4.57. The number of amides is 1. The Labute approximate surface area is 111 Å². The number of carbonyl (C=O) groups excluding carboxylic acids is 1. The third-order valence-corrected chi connectivity index (χ3v) is 4.14. The molecule has 92 valence electrons. The Balaban J connectivity index is 2.25. The fourth-order valence-corrected chi connectivity index (χ4v) is 2.60. The number of benzene rings is 1. The minimum Gasteiger partial charge on any atom is -0.342 e. The van der Waals surface area contributed by atoms with Crippen molar-refractivity contribution in [3.05, 3.63) is 34.3 Å². The molecule has 1 aromatic rings. The average Bonchev–Trinajstić information content (AvgIpc) is 3.13. The smallest absolute Gasteiger partial charge is 0.233 e.